The van der Waals surface area contributed by atoms with Gasteiger partial charge in [-0.3, -0.25) is 0 Å². The number of methoxy groups -OCH3 is 2. The molecule has 0 aliphatic rings. The summed E-state index contributed by atoms with van der Waals surface area (Å²) in [5, 5.41) is 0. The van der Waals surface area contributed by atoms with Gasteiger partial charge in [0.15, 0.2) is 11.5 Å². The summed E-state index contributed by atoms with van der Waals surface area (Å²) in [5.74, 6) is 3.01. The summed E-state index contributed by atoms with van der Waals surface area (Å²) in [5.41, 5.74) is 1.30. The van der Waals surface area contributed by atoms with Gasteiger partial charge in [-0.1, -0.05) is 33.8 Å². The van der Waals surface area contributed by atoms with Gasteiger partial charge in [-0.15, -0.1) is 0 Å². The lowest BCUT2D eigenvalue weighted by atomic mass is 10.1. The van der Waals surface area contributed by atoms with E-state index in [1.165, 1.54) is 5.56 Å². The van der Waals surface area contributed by atoms with E-state index in [0.29, 0.717) is 11.8 Å². The zero-order valence-corrected chi connectivity index (χ0v) is 14.5. The van der Waals surface area contributed by atoms with Gasteiger partial charge in [0, 0.05) is 19.6 Å². The predicted octanol–water partition coefficient (Wildman–Crippen LogP) is 3.86. The highest BCUT2D eigenvalue weighted by atomic mass is 16.5. The average Bonchev–Trinajstić information content (AvgIpc) is 2.43. The van der Waals surface area contributed by atoms with Crippen LogP contribution in [0.15, 0.2) is 18.2 Å². The molecule has 0 heterocycles. The fourth-order valence-electron chi connectivity index (χ4n) is 2.61. The van der Waals surface area contributed by atoms with Crippen LogP contribution in [-0.2, 0) is 6.42 Å². The molecule has 0 bridgehead atoms. The lowest BCUT2D eigenvalue weighted by Crippen LogP contribution is -2.33. The van der Waals surface area contributed by atoms with Crippen molar-refractivity contribution in [3.63, 3.8) is 0 Å². The maximum Gasteiger partial charge on any atom is 0.160 e. The Balaban J connectivity index is 2.66. The summed E-state index contributed by atoms with van der Waals surface area (Å²) in [6, 6.07) is 6.20. The SMILES string of the molecule is COc1ccc(CCN(CC(C)C)CC(C)C)cc1OC. The molecule has 0 aliphatic heterocycles. The van der Waals surface area contributed by atoms with E-state index in [2.05, 4.69) is 44.7 Å². The standard InChI is InChI=1S/C18H31NO2/c1-14(2)12-19(13-15(3)4)10-9-16-7-8-17(20-5)18(11-16)21-6/h7-8,11,14-15H,9-10,12-13H2,1-6H3. The van der Waals surface area contributed by atoms with E-state index in [4.69, 9.17) is 9.47 Å². The van der Waals surface area contributed by atoms with E-state index < -0.39 is 0 Å². The quantitative estimate of drug-likeness (QED) is 0.690. The third-order valence-corrected chi connectivity index (χ3v) is 3.41. The van der Waals surface area contributed by atoms with Crippen molar-refractivity contribution in [3.8, 4) is 11.5 Å². The first-order valence-electron chi connectivity index (χ1n) is 7.89. The fraction of sp³-hybridized carbons (Fsp3) is 0.667. The summed E-state index contributed by atoms with van der Waals surface area (Å²) >= 11 is 0. The summed E-state index contributed by atoms with van der Waals surface area (Å²) in [6.07, 6.45) is 1.04. The van der Waals surface area contributed by atoms with Crippen LogP contribution in [0, 0.1) is 11.8 Å². The number of rotatable bonds is 9. The third-order valence-electron chi connectivity index (χ3n) is 3.41. The first-order chi connectivity index (χ1) is 9.96. The van der Waals surface area contributed by atoms with Gasteiger partial charge in [-0.2, -0.15) is 0 Å². The number of benzene rings is 1. The van der Waals surface area contributed by atoms with Crippen molar-refractivity contribution in [1.29, 1.82) is 0 Å². The first-order valence-corrected chi connectivity index (χ1v) is 7.89. The van der Waals surface area contributed by atoms with Crippen molar-refractivity contribution >= 4 is 0 Å². The second kappa shape index (κ2) is 8.93. The van der Waals surface area contributed by atoms with Gasteiger partial charge in [-0.25, -0.2) is 0 Å². The molecule has 0 spiro atoms. The monoisotopic (exact) mass is 293 g/mol. The number of nitrogens with zero attached hydrogens (tertiary/aromatic N) is 1. The normalized spacial score (nSPS) is 11.5. The number of hydrogen-bond donors (Lipinski definition) is 0. The molecule has 1 rings (SSSR count). The smallest absolute Gasteiger partial charge is 0.160 e. The van der Waals surface area contributed by atoms with Crippen molar-refractivity contribution in [2.75, 3.05) is 33.9 Å². The summed E-state index contributed by atoms with van der Waals surface area (Å²) in [4.78, 5) is 2.56. The Morgan fingerprint density at radius 3 is 1.95 bits per heavy atom. The van der Waals surface area contributed by atoms with Crippen LogP contribution in [0.2, 0.25) is 0 Å². The molecule has 0 aromatic heterocycles. The molecule has 1 aromatic rings. The predicted molar refractivity (Wildman–Crippen MR) is 89.4 cm³/mol. The molecule has 0 aliphatic carbocycles. The minimum absolute atomic E-state index is 0.703. The lowest BCUT2D eigenvalue weighted by Gasteiger charge is -2.26. The maximum atomic E-state index is 5.37. The first kappa shape index (κ1) is 17.8. The summed E-state index contributed by atoms with van der Waals surface area (Å²) in [7, 11) is 3.36. The van der Waals surface area contributed by atoms with Gasteiger partial charge < -0.3 is 14.4 Å². The van der Waals surface area contributed by atoms with Crippen LogP contribution in [0.25, 0.3) is 0 Å². The Bertz CT molecular complexity index is 406. The van der Waals surface area contributed by atoms with E-state index in [1.54, 1.807) is 14.2 Å². The summed E-state index contributed by atoms with van der Waals surface area (Å²) < 4.78 is 10.7. The van der Waals surface area contributed by atoms with Crippen molar-refractivity contribution < 1.29 is 9.47 Å². The molecule has 21 heavy (non-hydrogen) atoms. The molecule has 0 fully saturated rings. The van der Waals surface area contributed by atoms with Crippen molar-refractivity contribution in [2.24, 2.45) is 11.8 Å². The van der Waals surface area contributed by atoms with Crippen LogP contribution >= 0.6 is 0 Å². The van der Waals surface area contributed by atoms with Gasteiger partial charge in [-0.05, 0) is 36.0 Å². The number of ether oxygens (including phenoxy) is 2. The highest BCUT2D eigenvalue weighted by molar-refractivity contribution is 5.42. The van der Waals surface area contributed by atoms with Crippen molar-refractivity contribution in [1.82, 2.24) is 4.90 Å². The molecule has 3 nitrogen and oxygen atoms in total. The van der Waals surface area contributed by atoms with E-state index in [-0.39, 0.29) is 0 Å². The lowest BCUT2D eigenvalue weighted by molar-refractivity contribution is 0.222. The molecule has 0 N–H and O–H groups in total. The maximum absolute atomic E-state index is 5.37. The van der Waals surface area contributed by atoms with Gasteiger partial charge >= 0.3 is 0 Å². The molecule has 1 aromatic carbocycles. The van der Waals surface area contributed by atoms with Crippen LogP contribution in [0.3, 0.4) is 0 Å². The minimum atomic E-state index is 0.703. The zero-order valence-electron chi connectivity index (χ0n) is 14.5. The fourth-order valence-corrected chi connectivity index (χ4v) is 2.61. The van der Waals surface area contributed by atoms with Crippen LogP contribution in [0.1, 0.15) is 33.3 Å². The molecule has 120 valence electrons. The van der Waals surface area contributed by atoms with E-state index in [9.17, 15) is 0 Å². The molecule has 0 unspecified atom stereocenters. The van der Waals surface area contributed by atoms with Crippen LogP contribution in [0.4, 0.5) is 0 Å². The third kappa shape index (κ3) is 6.38. The molecule has 3 heteroatoms. The van der Waals surface area contributed by atoms with Gasteiger partial charge in [0.25, 0.3) is 0 Å². The van der Waals surface area contributed by atoms with E-state index in [0.717, 1.165) is 37.6 Å². The Kier molecular flexibility index (Phi) is 7.58. The second-order valence-electron chi connectivity index (χ2n) is 6.49. The summed E-state index contributed by atoms with van der Waals surface area (Å²) in [6.45, 7) is 12.5. The molecular formula is C18H31NO2. The molecule has 0 saturated carbocycles. The Morgan fingerprint density at radius 1 is 0.905 bits per heavy atom. The highest BCUT2D eigenvalue weighted by Crippen LogP contribution is 2.27. The van der Waals surface area contributed by atoms with E-state index >= 15 is 0 Å². The molecule has 0 saturated heterocycles. The van der Waals surface area contributed by atoms with Gasteiger partial charge in [0.1, 0.15) is 0 Å². The topological polar surface area (TPSA) is 21.7 Å². The van der Waals surface area contributed by atoms with Crippen molar-refractivity contribution in [2.45, 2.75) is 34.1 Å². The zero-order chi connectivity index (χ0) is 15.8. The Hall–Kier alpha value is -1.22. The largest absolute Gasteiger partial charge is 0.493 e. The van der Waals surface area contributed by atoms with Gasteiger partial charge in [0.2, 0.25) is 0 Å². The van der Waals surface area contributed by atoms with Crippen molar-refractivity contribution in [3.05, 3.63) is 23.8 Å². The Morgan fingerprint density at radius 2 is 1.48 bits per heavy atom. The molecule has 0 radical (unpaired) electrons. The second-order valence-corrected chi connectivity index (χ2v) is 6.49. The minimum Gasteiger partial charge on any atom is -0.493 e. The van der Waals surface area contributed by atoms with Crippen LogP contribution in [-0.4, -0.2) is 38.8 Å². The molecular weight excluding hydrogens is 262 g/mol. The highest BCUT2D eigenvalue weighted by Gasteiger charge is 2.11. The molecule has 0 amide bonds. The van der Waals surface area contributed by atoms with Crippen LogP contribution < -0.4 is 9.47 Å². The Labute approximate surface area is 130 Å². The molecule has 0 atom stereocenters. The van der Waals surface area contributed by atoms with Gasteiger partial charge in [0.05, 0.1) is 14.2 Å². The number of hydrogen-bond acceptors (Lipinski definition) is 3. The average molecular weight is 293 g/mol. The van der Waals surface area contributed by atoms with Crippen LogP contribution in [0.5, 0.6) is 11.5 Å². The van der Waals surface area contributed by atoms with E-state index in [1.807, 2.05) is 6.07 Å².